The largest absolute Gasteiger partial charge is 0.355 e. The summed E-state index contributed by atoms with van der Waals surface area (Å²) in [6.45, 7) is 12.2. The summed E-state index contributed by atoms with van der Waals surface area (Å²) in [6.07, 6.45) is 2.57. The van der Waals surface area contributed by atoms with E-state index >= 15 is 0 Å². The fraction of sp³-hybridized carbons (Fsp3) is 0.684. The van der Waals surface area contributed by atoms with Crippen molar-refractivity contribution in [1.82, 2.24) is 20.5 Å². The van der Waals surface area contributed by atoms with Crippen LogP contribution < -0.4 is 15.5 Å². The highest BCUT2D eigenvalue weighted by Crippen LogP contribution is 2.20. The molecule has 1 unspecified atom stereocenters. The van der Waals surface area contributed by atoms with Gasteiger partial charge in [-0.2, -0.15) is 0 Å². The molecule has 0 aromatic carbocycles. The molecule has 0 bridgehead atoms. The maximum absolute atomic E-state index is 13.9. The van der Waals surface area contributed by atoms with Crippen LogP contribution in [-0.2, 0) is 0 Å². The van der Waals surface area contributed by atoms with E-state index in [-0.39, 0.29) is 35.8 Å². The van der Waals surface area contributed by atoms with Crippen LogP contribution >= 0.6 is 24.0 Å². The van der Waals surface area contributed by atoms with Crippen molar-refractivity contribution in [2.45, 2.75) is 52.2 Å². The van der Waals surface area contributed by atoms with E-state index in [2.05, 4.69) is 53.2 Å². The fourth-order valence-electron chi connectivity index (χ4n) is 3.48. The van der Waals surface area contributed by atoms with Gasteiger partial charge in [0.15, 0.2) is 17.6 Å². The summed E-state index contributed by atoms with van der Waals surface area (Å²) < 4.78 is 13.9. The molecule has 2 N–H and O–H groups in total. The van der Waals surface area contributed by atoms with Crippen LogP contribution in [0.15, 0.2) is 23.3 Å². The molecule has 1 atom stereocenters. The van der Waals surface area contributed by atoms with Crippen molar-refractivity contribution in [3.05, 3.63) is 24.1 Å². The first-order valence-corrected chi connectivity index (χ1v) is 9.50. The van der Waals surface area contributed by atoms with Crippen molar-refractivity contribution in [1.29, 1.82) is 0 Å². The first kappa shape index (κ1) is 23.9. The van der Waals surface area contributed by atoms with Crippen molar-refractivity contribution in [3.8, 4) is 0 Å². The number of anilines is 1. The molecule has 1 fully saturated rings. The van der Waals surface area contributed by atoms with E-state index in [9.17, 15) is 4.39 Å². The molecule has 1 aliphatic rings. The van der Waals surface area contributed by atoms with Gasteiger partial charge in [0, 0.05) is 57.5 Å². The van der Waals surface area contributed by atoms with Gasteiger partial charge in [0.2, 0.25) is 0 Å². The SMILES string of the molecule is CN=C(NCCN(C(C)C)C(C)C)NC1CCN(c2ncccc2F)C1.I. The molecule has 0 saturated carbocycles. The van der Waals surface area contributed by atoms with Gasteiger partial charge < -0.3 is 15.5 Å². The summed E-state index contributed by atoms with van der Waals surface area (Å²) in [6, 6.07) is 4.34. The molecule has 1 aromatic rings. The Balaban J connectivity index is 0.00000364. The zero-order valence-electron chi connectivity index (χ0n) is 17.1. The number of hydrogen-bond donors (Lipinski definition) is 2. The smallest absolute Gasteiger partial charge is 0.191 e. The van der Waals surface area contributed by atoms with Crippen molar-refractivity contribution in [3.63, 3.8) is 0 Å². The van der Waals surface area contributed by atoms with Gasteiger partial charge in [-0.3, -0.25) is 9.89 Å². The number of nitrogens with zero attached hydrogens (tertiary/aromatic N) is 4. The number of nitrogens with one attached hydrogen (secondary N) is 2. The lowest BCUT2D eigenvalue weighted by molar-refractivity contribution is 0.178. The quantitative estimate of drug-likeness (QED) is 0.349. The zero-order valence-corrected chi connectivity index (χ0v) is 19.4. The highest BCUT2D eigenvalue weighted by molar-refractivity contribution is 14.0. The third-order valence-electron chi connectivity index (χ3n) is 4.78. The lowest BCUT2D eigenvalue weighted by Crippen LogP contribution is -2.48. The lowest BCUT2D eigenvalue weighted by Gasteiger charge is -2.30. The number of hydrogen-bond acceptors (Lipinski definition) is 4. The van der Waals surface area contributed by atoms with Crippen molar-refractivity contribution in [2.24, 2.45) is 4.99 Å². The van der Waals surface area contributed by atoms with E-state index in [0.29, 0.717) is 17.9 Å². The first-order chi connectivity index (χ1) is 12.4. The van der Waals surface area contributed by atoms with E-state index in [1.807, 2.05) is 4.90 Å². The molecule has 0 amide bonds. The molecule has 6 nitrogen and oxygen atoms in total. The Morgan fingerprint density at radius 2 is 2.07 bits per heavy atom. The number of aromatic nitrogens is 1. The Labute approximate surface area is 180 Å². The van der Waals surface area contributed by atoms with Gasteiger partial charge in [0.05, 0.1) is 0 Å². The summed E-state index contributed by atoms with van der Waals surface area (Å²) >= 11 is 0. The van der Waals surface area contributed by atoms with Gasteiger partial charge in [-0.25, -0.2) is 9.37 Å². The molecule has 27 heavy (non-hydrogen) atoms. The highest BCUT2D eigenvalue weighted by Gasteiger charge is 2.26. The Morgan fingerprint density at radius 1 is 1.37 bits per heavy atom. The van der Waals surface area contributed by atoms with Crippen LogP contribution in [0.2, 0.25) is 0 Å². The summed E-state index contributed by atoms with van der Waals surface area (Å²) in [7, 11) is 1.78. The standard InChI is InChI=1S/C19H33FN6.HI/c1-14(2)26(15(3)4)12-10-23-19(21-5)24-16-8-11-25(13-16)18-17(20)7-6-9-22-18;/h6-7,9,14-16H,8,10-13H2,1-5H3,(H2,21,23,24);1H. The second-order valence-electron chi connectivity index (χ2n) is 7.31. The number of halogens is 2. The van der Waals surface area contributed by atoms with Crippen LogP contribution in [0.5, 0.6) is 0 Å². The normalized spacial score (nSPS) is 17.6. The number of guanidine groups is 1. The van der Waals surface area contributed by atoms with Crippen LogP contribution in [0.3, 0.4) is 0 Å². The van der Waals surface area contributed by atoms with Gasteiger partial charge in [0.1, 0.15) is 0 Å². The van der Waals surface area contributed by atoms with E-state index in [1.165, 1.54) is 6.07 Å². The predicted octanol–water partition coefficient (Wildman–Crippen LogP) is 2.70. The maximum atomic E-state index is 13.9. The van der Waals surface area contributed by atoms with Crippen molar-refractivity contribution < 1.29 is 4.39 Å². The highest BCUT2D eigenvalue weighted by atomic mass is 127. The van der Waals surface area contributed by atoms with E-state index in [0.717, 1.165) is 38.6 Å². The molecule has 0 spiro atoms. The molecular weight excluding hydrogens is 458 g/mol. The summed E-state index contributed by atoms with van der Waals surface area (Å²) in [5, 5.41) is 6.84. The Hall–Kier alpha value is -1.16. The van der Waals surface area contributed by atoms with E-state index < -0.39 is 0 Å². The topological polar surface area (TPSA) is 55.8 Å². The number of aliphatic imine (C=N–C) groups is 1. The minimum absolute atomic E-state index is 0. The molecule has 0 radical (unpaired) electrons. The third-order valence-corrected chi connectivity index (χ3v) is 4.78. The summed E-state index contributed by atoms with van der Waals surface area (Å²) in [5.41, 5.74) is 0. The van der Waals surface area contributed by atoms with E-state index in [1.54, 1.807) is 19.3 Å². The van der Waals surface area contributed by atoms with Gasteiger partial charge in [-0.15, -0.1) is 24.0 Å². The third kappa shape index (κ3) is 7.06. The molecule has 2 heterocycles. The van der Waals surface area contributed by atoms with Crippen molar-refractivity contribution in [2.75, 3.05) is 38.1 Å². The van der Waals surface area contributed by atoms with E-state index in [4.69, 9.17) is 0 Å². The molecule has 154 valence electrons. The second-order valence-corrected chi connectivity index (χ2v) is 7.31. The second kappa shape index (κ2) is 11.6. The molecule has 1 aliphatic heterocycles. The molecule has 8 heteroatoms. The van der Waals surface area contributed by atoms with Crippen LogP contribution in [0, 0.1) is 5.82 Å². The van der Waals surface area contributed by atoms with Crippen LogP contribution in [0.1, 0.15) is 34.1 Å². The lowest BCUT2D eigenvalue weighted by atomic mass is 10.2. The Morgan fingerprint density at radius 3 is 2.67 bits per heavy atom. The minimum Gasteiger partial charge on any atom is -0.355 e. The molecule has 1 saturated heterocycles. The van der Waals surface area contributed by atoms with Crippen LogP contribution in [0.4, 0.5) is 10.2 Å². The summed E-state index contributed by atoms with van der Waals surface area (Å²) in [5.74, 6) is 0.966. The summed E-state index contributed by atoms with van der Waals surface area (Å²) in [4.78, 5) is 12.9. The number of pyridine rings is 1. The van der Waals surface area contributed by atoms with Gasteiger partial charge >= 0.3 is 0 Å². The van der Waals surface area contributed by atoms with Crippen LogP contribution in [-0.4, -0.2) is 67.2 Å². The van der Waals surface area contributed by atoms with Crippen molar-refractivity contribution >= 4 is 35.8 Å². The zero-order chi connectivity index (χ0) is 19.1. The van der Waals surface area contributed by atoms with Gasteiger partial charge in [-0.05, 0) is 46.2 Å². The number of rotatable bonds is 7. The molecule has 0 aliphatic carbocycles. The van der Waals surface area contributed by atoms with Gasteiger partial charge in [-0.1, -0.05) is 0 Å². The van der Waals surface area contributed by atoms with Gasteiger partial charge in [0.25, 0.3) is 0 Å². The fourth-order valence-corrected chi connectivity index (χ4v) is 3.48. The predicted molar refractivity (Wildman–Crippen MR) is 122 cm³/mol. The van der Waals surface area contributed by atoms with Crippen LogP contribution in [0.25, 0.3) is 0 Å². The molecule has 1 aromatic heterocycles. The monoisotopic (exact) mass is 492 g/mol. The molecule has 2 rings (SSSR count). The maximum Gasteiger partial charge on any atom is 0.191 e. The average molecular weight is 492 g/mol. The Kier molecular flexibility index (Phi) is 10.3. The molecular formula is C19H34FIN6. The first-order valence-electron chi connectivity index (χ1n) is 9.50. The Bertz CT molecular complexity index is 587. The minimum atomic E-state index is -0.266. The average Bonchev–Trinajstić information content (AvgIpc) is 3.05.